The minimum absolute atomic E-state index is 0.493. The van der Waals surface area contributed by atoms with Gasteiger partial charge in [0.05, 0.1) is 0 Å². The maximum atomic E-state index is 10.5. The molecule has 0 aliphatic rings. The molecule has 4 nitrogen and oxygen atoms in total. The summed E-state index contributed by atoms with van der Waals surface area (Å²) in [4.78, 5) is 20.4. The Morgan fingerprint density at radius 2 is 2.18 bits per heavy atom. The van der Waals surface area contributed by atoms with Crippen LogP contribution in [-0.2, 0) is 4.79 Å². The number of carbonyl (C=O) groups is 1. The fourth-order valence-electron chi connectivity index (χ4n) is 0.835. The lowest BCUT2D eigenvalue weighted by atomic mass is 10.1. The predicted molar refractivity (Wildman–Crippen MR) is 42.9 cm³/mol. The number of hydrogen-bond donors (Lipinski definition) is 1. The molecule has 0 saturated heterocycles. The zero-order chi connectivity index (χ0) is 8.69. The second-order valence-electron chi connectivity index (χ2n) is 2.52. The molecule has 0 aromatic heterocycles. The van der Waals surface area contributed by atoms with Gasteiger partial charge in [0.25, 0.3) is 0 Å². The van der Waals surface area contributed by atoms with Gasteiger partial charge in [-0.1, -0.05) is 31.4 Å². The van der Waals surface area contributed by atoms with Gasteiger partial charge in [0, 0.05) is 0 Å². The molecule has 0 saturated carbocycles. The fourth-order valence-corrected chi connectivity index (χ4v) is 0.835. The third-order valence-corrected chi connectivity index (χ3v) is 1.54. The summed E-state index contributed by atoms with van der Waals surface area (Å²) in [5.41, 5.74) is 4.90. The summed E-state index contributed by atoms with van der Waals surface area (Å²) < 4.78 is 0. The van der Waals surface area contributed by atoms with Crippen LogP contribution in [0, 0.1) is 4.91 Å². The van der Waals surface area contributed by atoms with E-state index in [-0.39, 0.29) is 0 Å². The Morgan fingerprint density at radius 1 is 1.55 bits per heavy atom. The first-order chi connectivity index (χ1) is 5.22. The minimum Gasteiger partial charge on any atom is -0.368 e. The molecule has 0 spiro atoms. The van der Waals surface area contributed by atoms with Crippen molar-refractivity contribution in [3.63, 3.8) is 0 Å². The van der Waals surface area contributed by atoms with Gasteiger partial charge in [0.15, 0.2) is 6.04 Å². The maximum Gasteiger partial charge on any atom is 0.245 e. The van der Waals surface area contributed by atoms with E-state index in [1.165, 1.54) is 0 Å². The Hall–Kier alpha value is -0.930. The van der Waals surface area contributed by atoms with Crippen LogP contribution in [0.25, 0.3) is 0 Å². The monoisotopic (exact) mass is 158 g/mol. The maximum absolute atomic E-state index is 10.5. The molecule has 1 atom stereocenters. The molecule has 0 aliphatic heterocycles. The van der Waals surface area contributed by atoms with Crippen LogP contribution in [-0.4, -0.2) is 11.9 Å². The van der Waals surface area contributed by atoms with Gasteiger partial charge < -0.3 is 5.73 Å². The van der Waals surface area contributed by atoms with Gasteiger partial charge in [-0.2, -0.15) is 0 Å². The van der Waals surface area contributed by atoms with Crippen LogP contribution in [0.3, 0.4) is 0 Å². The van der Waals surface area contributed by atoms with E-state index in [1.54, 1.807) is 0 Å². The third-order valence-electron chi connectivity index (χ3n) is 1.54. The summed E-state index contributed by atoms with van der Waals surface area (Å²) >= 11 is 0. The second-order valence-corrected chi connectivity index (χ2v) is 2.52. The predicted octanol–water partition coefficient (Wildman–Crippen LogP) is 1.19. The van der Waals surface area contributed by atoms with Crippen molar-refractivity contribution in [2.45, 2.75) is 38.6 Å². The molecule has 2 N–H and O–H groups in total. The third kappa shape index (κ3) is 4.47. The lowest BCUT2D eigenvalue weighted by Crippen LogP contribution is -2.26. The molecule has 0 aromatic carbocycles. The highest BCUT2D eigenvalue weighted by atomic mass is 16.3. The van der Waals surface area contributed by atoms with Crippen LogP contribution < -0.4 is 5.73 Å². The number of nitrogens with zero attached hydrogens (tertiary/aromatic N) is 1. The highest BCUT2D eigenvalue weighted by molar-refractivity contribution is 5.79. The summed E-state index contributed by atoms with van der Waals surface area (Å²) in [5, 5.41) is 2.63. The topological polar surface area (TPSA) is 72.5 Å². The van der Waals surface area contributed by atoms with Gasteiger partial charge in [-0.15, -0.1) is 4.91 Å². The minimum atomic E-state index is -0.818. The van der Waals surface area contributed by atoms with E-state index in [4.69, 9.17) is 5.73 Å². The number of nitroso groups, excluding NO2 is 1. The Kier molecular flexibility index (Phi) is 5.33. The Labute approximate surface area is 66.1 Å². The second kappa shape index (κ2) is 5.82. The molecular formula is C7H14N2O2. The molecule has 1 unspecified atom stereocenters. The van der Waals surface area contributed by atoms with Crippen LogP contribution in [0.4, 0.5) is 0 Å². The van der Waals surface area contributed by atoms with E-state index in [0.717, 1.165) is 19.3 Å². The fraction of sp³-hybridized carbons (Fsp3) is 0.857. The van der Waals surface area contributed by atoms with Crippen LogP contribution in [0.2, 0.25) is 0 Å². The zero-order valence-corrected chi connectivity index (χ0v) is 6.75. The van der Waals surface area contributed by atoms with Crippen molar-refractivity contribution < 1.29 is 4.79 Å². The van der Waals surface area contributed by atoms with E-state index >= 15 is 0 Å². The van der Waals surface area contributed by atoms with Crippen molar-refractivity contribution in [3.8, 4) is 0 Å². The molecule has 64 valence electrons. The molecule has 1 amide bonds. The molecular weight excluding hydrogens is 144 g/mol. The van der Waals surface area contributed by atoms with Crippen molar-refractivity contribution in [2.24, 2.45) is 10.9 Å². The van der Waals surface area contributed by atoms with E-state index in [1.807, 2.05) is 6.92 Å². The van der Waals surface area contributed by atoms with E-state index in [2.05, 4.69) is 5.18 Å². The molecule has 11 heavy (non-hydrogen) atoms. The highest BCUT2D eigenvalue weighted by Gasteiger charge is 2.13. The Morgan fingerprint density at radius 3 is 2.55 bits per heavy atom. The number of unbranched alkanes of at least 4 members (excludes halogenated alkanes) is 2. The van der Waals surface area contributed by atoms with Crippen LogP contribution >= 0.6 is 0 Å². The normalized spacial score (nSPS) is 12.5. The number of hydrogen-bond acceptors (Lipinski definition) is 3. The first kappa shape index (κ1) is 10.1. The van der Waals surface area contributed by atoms with Gasteiger partial charge in [0.1, 0.15) is 0 Å². The van der Waals surface area contributed by atoms with Crippen molar-refractivity contribution in [2.75, 3.05) is 0 Å². The van der Waals surface area contributed by atoms with Gasteiger partial charge in [0.2, 0.25) is 5.91 Å². The zero-order valence-electron chi connectivity index (χ0n) is 6.75. The number of amides is 1. The van der Waals surface area contributed by atoms with Gasteiger partial charge in [-0.05, 0) is 6.42 Å². The number of rotatable bonds is 6. The van der Waals surface area contributed by atoms with Gasteiger partial charge in [-0.25, -0.2) is 0 Å². The summed E-state index contributed by atoms with van der Waals surface area (Å²) in [5.74, 6) is -0.615. The average molecular weight is 158 g/mol. The molecule has 0 bridgehead atoms. The van der Waals surface area contributed by atoms with Crippen molar-refractivity contribution in [1.29, 1.82) is 0 Å². The molecule has 4 heteroatoms. The summed E-state index contributed by atoms with van der Waals surface area (Å²) in [6.07, 6.45) is 3.41. The summed E-state index contributed by atoms with van der Waals surface area (Å²) in [6.45, 7) is 2.05. The standard InChI is InChI=1S/C7H14N2O2/c1-2-3-4-5-6(9-11)7(8)10/h6H,2-5H2,1H3,(H2,8,10). The van der Waals surface area contributed by atoms with E-state index in [9.17, 15) is 9.70 Å². The molecule has 0 aromatic rings. The summed E-state index contributed by atoms with van der Waals surface area (Å²) in [7, 11) is 0. The largest absolute Gasteiger partial charge is 0.368 e. The van der Waals surface area contributed by atoms with Crippen molar-refractivity contribution >= 4 is 5.91 Å². The van der Waals surface area contributed by atoms with Crippen LogP contribution in [0.5, 0.6) is 0 Å². The molecule has 0 aliphatic carbocycles. The molecule has 0 radical (unpaired) electrons. The van der Waals surface area contributed by atoms with Crippen LogP contribution in [0.1, 0.15) is 32.6 Å². The van der Waals surface area contributed by atoms with Gasteiger partial charge >= 0.3 is 0 Å². The van der Waals surface area contributed by atoms with E-state index < -0.39 is 11.9 Å². The van der Waals surface area contributed by atoms with E-state index in [0.29, 0.717) is 6.42 Å². The number of carbonyl (C=O) groups excluding carboxylic acids is 1. The number of nitrogens with two attached hydrogens (primary N) is 1. The SMILES string of the molecule is CCCCCC(N=O)C(N)=O. The average Bonchev–Trinajstić information content (AvgIpc) is 1.97. The molecule has 0 fully saturated rings. The van der Waals surface area contributed by atoms with Crippen molar-refractivity contribution in [1.82, 2.24) is 0 Å². The number of primary amides is 1. The quantitative estimate of drug-likeness (QED) is 0.465. The smallest absolute Gasteiger partial charge is 0.245 e. The van der Waals surface area contributed by atoms with Gasteiger partial charge in [-0.3, -0.25) is 4.79 Å². The molecule has 0 heterocycles. The Balaban J connectivity index is 3.52. The molecule has 0 rings (SSSR count). The highest BCUT2D eigenvalue weighted by Crippen LogP contribution is 2.05. The Bertz CT molecular complexity index is 136. The lowest BCUT2D eigenvalue weighted by Gasteiger charge is -2.02. The first-order valence-corrected chi connectivity index (χ1v) is 3.84. The lowest BCUT2D eigenvalue weighted by molar-refractivity contribution is -0.119. The van der Waals surface area contributed by atoms with Crippen molar-refractivity contribution in [3.05, 3.63) is 4.91 Å². The summed E-state index contributed by atoms with van der Waals surface area (Å²) in [6, 6.07) is -0.818. The van der Waals surface area contributed by atoms with Crippen LogP contribution in [0.15, 0.2) is 5.18 Å². The first-order valence-electron chi connectivity index (χ1n) is 3.84.